The van der Waals surface area contributed by atoms with Gasteiger partial charge in [-0.3, -0.25) is 4.79 Å². The maximum absolute atomic E-state index is 12.5. The van der Waals surface area contributed by atoms with E-state index in [1.165, 1.54) is 23.1 Å². The van der Waals surface area contributed by atoms with Gasteiger partial charge in [-0.1, -0.05) is 0 Å². The molecule has 0 unspecified atom stereocenters. The van der Waals surface area contributed by atoms with Crippen molar-refractivity contribution in [1.29, 1.82) is 0 Å². The fourth-order valence-electron chi connectivity index (χ4n) is 1.92. The zero-order chi connectivity index (χ0) is 15.8. The molecule has 0 aliphatic carbocycles. The van der Waals surface area contributed by atoms with Gasteiger partial charge in [0.05, 0.1) is 17.0 Å². The zero-order valence-electron chi connectivity index (χ0n) is 11.1. The van der Waals surface area contributed by atoms with Crippen LogP contribution in [0.15, 0.2) is 27.6 Å². The van der Waals surface area contributed by atoms with Crippen LogP contribution in [0.4, 0.5) is 0 Å². The highest BCUT2D eigenvalue weighted by Crippen LogP contribution is 2.27. The molecule has 9 heteroatoms. The number of carbonyl (C=O) groups is 2. The third-order valence-electron chi connectivity index (χ3n) is 3.22. The van der Waals surface area contributed by atoms with Gasteiger partial charge >= 0.3 is 5.97 Å². The number of carbonyl (C=O) groups excluding carboxylic acids is 1. The number of nitrogens with zero attached hydrogens (tertiary/aromatic N) is 2. The standard InChI is InChI=1S/C12H13BrN2O5S/c1-14-4-5-15(7-11(14)16)21(19,20)10-3-2-8(12(17)18)6-9(10)13/h2-3,6H,4-5,7H2,1H3,(H,17,18). The van der Waals surface area contributed by atoms with E-state index in [9.17, 15) is 18.0 Å². The van der Waals surface area contributed by atoms with Crippen molar-refractivity contribution in [3.05, 3.63) is 28.2 Å². The molecule has 0 atom stereocenters. The van der Waals surface area contributed by atoms with Crippen molar-refractivity contribution in [1.82, 2.24) is 9.21 Å². The van der Waals surface area contributed by atoms with Gasteiger partial charge in [0.1, 0.15) is 0 Å². The van der Waals surface area contributed by atoms with Gasteiger partial charge in [-0.2, -0.15) is 4.31 Å². The molecule has 7 nitrogen and oxygen atoms in total. The predicted octanol–water partition coefficient (Wildman–Crippen LogP) is 0.610. The summed E-state index contributed by atoms with van der Waals surface area (Å²) >= 11 is 3.08. The van der Waals surface area contributed by atoms with Gasteiger partial charge in [-0.05, 0) is 34.1 Å². The lowest BCUT2D eigenvalue weighted by molar-refractivity contribution is -0.132. The molecule has 0 bridgehead atoms. The van der Waals surface area contributed by atoms with E-state index in [0.717, 1.165) is 4.31 Å². The molecular formula is C12H13BrN2O5S. The van der Waals surface area contributed by atoms with E-state index in [2.05, 4.69) is 15.9 Å². The van der Waals surface area contributed by atoms with Crippen LogP contribution in [-0.2, 0) is 14.8 Å². The zero-order valence-corrected chi connectivity index (χ0v) is 13.5. The van der Waals surface area contributed by atoms with E-state index < -0.39 is 16.0 Å². The average Bonchev–Trinajstić information content (AvgIpc) is 2.41. The van der Waals surface area contributed by atoms with Gasteiger partial charge < -0.3 is 10.0 Å². The number of halogens is 1. The van der Waals surface area contributed by atoms with Crippen LogP contribution in [0.2, 0.25) is 0 Å². The van der Waals surface area contributed by atoms with E-state index in [-0.39, 0.29) is 33.9 Å². The van der Waals surface area contributed by atoms with Gasteiger partial charge in [0, 0.05) is 24.6 Å². The molecule has 1 aliphatic heterocycles. The second kappa shape index (κ2) is 5.74. The van der Waals surface area contributed by atoms with Gasteiger partial charge in [0.15, 0.2) is 0 Å². The van der Waals surface area contributed by atoms with Crippen LogP contribution in [0.1, 0.15) is 10.4 Å². The SMILES string of the molecule is CN1CCN(S(=O)(=O)c2ccc(C(=O)O)cc2Br)CC1=O. The summed E-state index contributed by atoms with van der Waals surface area (Å²) in [5.74, 6) is -1.42. The maximum atomic E-state index is 12.5. The van der Waals surface area contributed by atoms with Crippen LogP contribution in [0.5, 0.6) is 0 Å². The molecule has 0 saturated carbocycles. The van der Waals surface area contributed by atoms with Crippen LogP contribution < -0.4 is 0 Å². The quantitative estimate of drug-likeness (QED) is 0.833. The molecule has 0 radical (unpaired) electrons. The molecule has 1 fully saturated rings. The first-order valence-corrected chi connectivity index (χ1v) is 8.24. The third kappa shape index (κ3) is 3.09. The number of piperazine rings is 1. The van der Waals surface area contributed by atoms with Crippen molar-refractivity contribution in [2.75, 3.05) is 26.7 Å². The first-order chi connectivity index (χ1) is 9.73. The Bertz CT molecular complexity index is 704. The number of carboxylic acid groups (broad SMARTS) is 1. The van der Waals surface area contributed by atoms with Crippen molar-refractivity contribution in [2.24, 2.45) is 0 Å². The van der Waals surface area contributed by atoms with E-state index in [0.29, 0.717) is 6.54 Å². The largest absolute Gasteiger partial charge is 0.478 e. The number of hydrogen-bond donors (Lipinski definition) is 1. The molecule has 2 rings (SSSR count). The number of carboxylic acids is 1. The Balaban J connectivity index is 2.36. The number of hydrogen-bond acceptors (Lipinski definition) is 4. The third-order valence-corrected chi connectivity index (χ3v) is 6.04. The Morgan fingerprint density at radius 2 is 2.00 bits per heavy atom. The topological polar surface area (TPSA) is 95.0 Å². The van der Waals surface area contributed by atoms with Crippen LogP contribution >= 0.6 is 15.9 Å². The number of aromatic carboxylic acids is 1. The van der Waals surface area contributed by atoms with Crippen molar-refractivity contribution in [3.8, 4) is 0 Å². The van der Waals surface area contributed by atoms with Crippen LogP contribution in [0.25, 0.3) is 0 Å². The molecule has 1 saturated heterocycles. The first kappa shape index (κ1) is 15.9. The Hall–Kier alpha value is -1.45. The molecule has 1 heterocycles. The lowest BCUT2D eigenvalue weighted by Gasteiger charge is -2.31. The van der Waals surface area contributed by atoms with Crippen molar-refractivity contribution >= 4 is 37.8 Å². The highest BCUT2D eigenvalue weighted by Gasteiger charge is 2.32. The highest BCUT2D eigenvalue weighted by molar-refractivity contribution is 9.10. The number of sulfonamides is 1. The minimum atomic E-state index is -3.85. The summed E-state index contributed by atoms with van der Waals surface area (Å²) in [6, 6.07) is 3.68. The van der Waals surface area contributed by atoms with Gasteiger partial charge in [0.25, 0.3) is 0 Å². The summed E-state index contributed by atoms with van der Waals surface area (Å²) in [7, 11) is -2.23. The molecule has 1 N–H and O–H groups in total. The molecule has 1 aliphatic rings. The smallest absolute Gasteiger partial charge is 0.335 e. The fourth-order valence-corrected chi connectivity index (χ4v) is 4.34. The second-order valence-corrected chi connectivity index (χ2v) is 7.36. The summed E-state index contributed by atoms with van der Waals surface area (Å²) in [4.78, 5) is 23.9. The van der Waals surface area contributed by atoms with Gasteiger partial charge in [-0.25, -0.2) is 13.2 Å². The minimum Gasteiger partial charge on any atom is -0.478 e. The number of amides is 1. The Kier molecular flexibility index (Phi) is 4.35. The predicted molar refractivity (Wildman–Crippen MR) is 77.5 cm³/mol. The summed E-state index contributed by atoms with van der Waals surface area (Å²) in [6.45, 7) is 0.312. The molecule has 1 amide bonds. The fraction of sp³-hybridized carbons (Fsp3) is 0.333. The summed E-state index contributed by atoms with van der Waals surface area (Å²) in [5.41, 5.74) is -0.0183. The molecule has 1 aromatic rings. The summed E-state index contributed by atoms with van der Waals surface area (Å²) in [5, 5.41) is 8.88. The molecule has 114 valence electrons. The minimum absolute atomic E-state index is 0.0183. The van der Waals surface area contributed by atoms with E-state index in [1.54, 1.807) is 7.05 Å². The van der Waals surface area contributed by atoms with Crippen LogP contribution in [0.3, 0.4) is 0 Å². The van der Waals surface area contributed by atoms with Gasteiger partial charge in [-0.15, -0.1) is 0 Å². The monoisotopic (exact) mass is 376 g/mol. The Morgan fingerprint density at radius 1 is 1.33 bits per heavy atom. The van der Waals surface area contributed by atoms with E-state index in [1.807, 2.05) is 0 Å². The van der Waals surface area contributed by atoms with Gasteiger partial charge in [0.2, 0.25) is 15.9 Å². The molecule has 21 heavy (non-hydrogen) atoms. The molecule has 0 aromatic heterocycles. The second-order valence-electron chi connectivity index (χ2n) is 4.60. The maximum Gasteiger partial charge on any atom is 0.335 e. The van der Waals surface area contributed by atoms with E-state index in [4.69, 9.17) is 5.11 Å². The lowest BCUT2D eigenvalue weighted by Crippen LogP contribution is -2.50. The normalized spacial score (nSPS) is 17.0. The number of benzene rings is 1. The number of rotatable bonds is 3. The first-order valence-electron chi connectivity index (χ1n) is 6.00. The van der Waals surface area contributed by atoms with Crippen molar-refractivity contribution in [3.63, 3.8) is 0 Å². The van der Waals surface area contributed by atoms with Crippen LogP contribution in [-0.4, -0.2) is 61.3 Å². The summed E-state index contributed by atoms with van der Waals surface area (Å²) < 4.78 is 26.3. The molecule has 1 aromatic carbocycles. The lowest BCUT2D eigenvalue weighted by atomic mass is 10.2. The molecule has 0 spiro atoms. The van der Waals surface area contributed by atoms with E-state index >= 15 is 0 Å². The highest BCUT2D eigenvalue weighted by atomic mass is 79.9. The Morgan fingerprint density at radius 3 is 2.52 bits per heavy atom. The van der Waals surface area contributed by atoms with Crippen molar-refractivity contribution in [2.45, 2.75) is 4.90 Å². The van der Waals surface area contributed by atoms with Crippen LogP contribution in [0, 0.1) is 0 Å². The summed E-state index contributed by atoms with van der Waals surface area (Å²) in [6.07, 6.45) is 0. The average molecular weight is 377 g/mol. The number of likely N-dealkylation sites (N-methyl/N-ethyl adjacent to an activating group) is 1. The Labute approximate surface area is 130 Å². The molecular weight excluding hydrogens is 364 g/mol. The van der Waals surface area contributed by atoms with Crippen molar-refractivity contribution < 1.29 is 23.1 Å².